The van der Waals surface area contributed by atoms with Crippen LogP contribution in [0.25, 0.3) is 5.65 Å². The molecule has 0 atom stereocenters. The number of pyridine rings is 1. The van der Waals surface area contributed by atoms with Crippen molar-refractivity contribution in [2.45, 2.75) is 0 Å². The van der Waals surface area contributed by atoms with Crippen LogP contribution in [0.4, 0.5) is 4.39 Å². The van der Waals surface area contributed by atoms with Crippen LogP contribution in [-0.2, 0) is 0 Å². The lowest BCUT2D eigenvalue weighted by Crippen LogP contribution is -1.96. The maximum atomic E-state index is 13.0. The molecule has 5 nitrogen and oxygen atoms in total. The summed E-state index contributed by atoms with van der Waals surface area (Å²) in [5.74, 6) is -0.724. The van der Waals surface area contributed by atoms with Gasteiger partial charge >= 0.3 is 0 Å². The van der Waals surface area contributed by atoms with Crippen LogP contribution in [-0.4, -0.2) is 20.0 Å². The lowest BCUT2D eigenvalue weighted by molar-refractivity contribution is 0.612. The molecule has 0 aliphatic heterocycles. The summed E-state index contributed by atoms with van der Waals surface area (Å²) in [7, 11) is 0. The quantitative estimate of drug-likeness (QED) is 0.586. The van der Waals surface area contributed by atoms with Crippen molar-refractivity contribution in [3.8, 4) is 6.07 Å². The molecule has 2 rings (SSSR count). The first-order valence-electron chi connectivity index (χ1n) is 3.20. The van der Waals surface area contributed by atoms with Crippen LogP contribution in [0.3, 0.4) is 0 Å². The van der Waals surface area contributed by atoms with Crippen molar-refractivity contribution in [3.63, 3.8) is 0 Å². The fraction of sp³-hybridized carbons (Fsp3) is 0. The number of fused-ring (bicyclic) bond motifs is 1. The molecule has 2 heterocycles. The van der Waals surface area contributed by atoms with Gasteiger partial charge in [0, 0.05) is 0 Å². The summed E-state index contributed by atoms with van der Waals surface area (Å²) in [4.78, 5) is 0. The second kappa shape index (κ2) is 2.64. The number of tetrazole rings is 1. The molecule has 0 bridgehead atoms. The Bertz CT molecular complexity index is 513. The molecule has 0 amide bonds. The maximum Gasteiger partial charge on any atom is 0.198 e. The molecule has 64 valence electrons. The Morgan fingerprint density at radius 3 is 3.08 bits per heavy atom. The minimum Gasteiger partial charge on any atom is -0.204 e. The molecule has 0 fully saturated rings. The Morgan fingerprint density at radius 2 is 2.38 bits per heavy atom. The predicted octanol–water partition coefficient (Wildman–Crippen LogP) is 0.788. The van der Waals surface area contributed by atoms with Gasteiger partial charge in [-0.25, -0.2) is 4.39 Å². The van der Waals surface area contributed by atoms with E-state index in [1.165, 1.54) is 0 Å². The standard InChI is InChI=1S/C6HClFN5/c7-5-4(8)1-3(2-9)6-10-11-12-13(5)6/h1H. The van der Waals surface area contributed by atoms with Crippen LogP contribution >= 0.6 is 11.6 Å². The van der Waals surface area contributed by atoms with Crippen molar-refractivity contribution in [2.24, 2.45) is 0 Å². The molecule has 0 N–H and O–H groups in total. The number of nitriles is 1. The van der Waals surface area contributed by atoms with Gasteiger partial charge in [-0.3, -0.25) is 0 Å². The molecular formula is C6HClFN5. The molecule has 13 heavy (non-hydrogen) atoms. The number of hydrogen-bond donors (Lipinski definition) is 0. The van der Waals surface area contributed by atoms with Gasteiger partial charge in [0.15, 0.2) is 16.6 Å². The van der Waals surface area contributed by atoms with E-state index in [9.17, 15) is 4.39 Å². The highest BCUT2D eigenvalue weighted by Gasteiger charge is 2.12. The van der Waals surface area contributed by atoms with Crippen molar-refractivity contribution in [3.05, 3.63) is 22.6 Å². The van der Waals surface area contributed by atoms with Gasteiger partial charge in [0.2, 0.25) is 0 Å². The molecule has 0 saturated heterocycles. The smallest absolute Gasteiger partial charge is 0.198 e. The minimum absolute atomic E-state index is 0.0481. The van der Waals surface area contributed by atoms with Crippen LogP contribution in [0.2, 0.25) is 5.15 Å². The monoisotopic (exact) mass is 197 g/mol. The Hall–Kier alpha value is -1.74. The number of aromatic nitrogens is 4. The highest BCUT2D eigenvalue weighted by Crippen LogP contribution is 2.17. The van der Waals surface area contributed by atoms with Gasteiger partial charge in [-0.2, -0.15) is 9.78 Å². The lowest BCUT2D eigenvalue weighted by atomic mass is 10.3. The summed E-state index contributed by atoms with van der Waals surface area (Å²) < 4.78 is 13.9. The van der Waals surface area contributed by atoms with E-state index in [0.29, 0.717) is 0 Å². The van der Waals surface area contributed by atoms with Gasteiger partial charge < -0.3 is 0 Å². The van der Waals surface area contributed by atoms with E-state index in [1.54, 1.807) is 6.07 Å². The van der Waals surface area contributed by atoms with Crippen LogP contribution in [0.5, 0.6) is 0 Å². The van der Waals surface area contributed by atoms with Crippen molar-refractivity contribution in [1.82, 2.24) is 20.0 Å². The van der Waals surface area contributed by atoms with Crippen molar-refractivity contribution < 1.29 is 4.39 Å². The Balaban J connectivity index is 2.97. The second-order valence-corrected chi connectivity index (χ2v) is 2.58. The molecule has 0 unspecified atom stereocenters. The van der Waals surface area contributed by atoms with Crippen molar-refractivity contribution in [2.75, 3.05) is 0 Å². The predicted molar refractivity (Wildman–Crippen MR) is 40.5 cm³/mol. The summed E-state index contributed by atoms with van der Waals surface area (Å²) >= 11 is 5.53. The summed E-state index contributed by atoms with van der Waals surface area (Å²) in [6.07, 6.45) is 0. The minimum atomic E-state index is -0.724. The van der Waals surface area contributed by atoms with Gasteiger partial charge in [0.05, 0.1) is 0 Å². The molecule has 7 heteroatoms. The van der Waals surface area contributed by atoms with Crippen LogP contribution in [0.1, 0.15) is 5.56 Å². The molecular weight excluding hydrogens is 197 g/mol. The zero-order chi connectivity index (χ0) is 9.42. The summed E-state index contributed by atoms with van der Waals surface area (Å²) in [5.41, 5.74) is 0.195. The molecule has 0 spiro atoms. The van der Waals surface area contributed by atoms with E-state index in [-0.39, 0.29) is 16.4 Å². The van der Waals surface area contributed by atoms with Crippen LogP contribution in [0, 0.1) is 17.1 Å². The topological polar surface area (TPSA) is 66.9 Å². The van der Waals surface area contributed by atoms with E-state index in [2.05, 4.69) is 15.5 Å². The summed E-state index contributed by atoms with van der Waals surface area (Å²) in [5, 5.41) is 18.6. The molecule has 0 aromatic carbocycles. The van der Waals surface area contributed by atoms with E-state index < -0.39 is 5.82 Å². The normalized spacial score (nSPS) is 10.2. The van der Waals surface area contributed by atoms with E-state index >= 15 is 0 Å². The molecule has 0 saturated carbocycles. The number of halogens is 2. The first-order valence-corrected chi connectivity index (χ1v) is 3.58. The van der Waals surface area contributed by atoms with E-state index in [1.807, 2.05) is 0 Å². The molecule has 2 aromatic rings. The average molecular weight is 198 g/mol. The maximum absolute atomic E-state index is 13.0. The third kappa shape index (κ3) is 1.02. The van der Waals surface area contributed by atoms with Crippen molar-refractivity contribution in [1.29, 1.82) is 5.26 Å². The zero-order valence-corrected chi connectivity index (χ0v) is 6.83. The highest BCUT2D eigenvalue weighted by molar-refractivity contribution is 6.29. The largest absolute Gasteiger partial charge is 0.204 e. The number of hydrogen-bond acceptors (Lipinski definition) is 4. The Kier molecular flexibility index (Phi) is 1.60. The first-order chi connectivity index (χ1) is 6.24. The molecule has 2 aromatic heterocycles. The van der Waals surface area contributed by atoms with Crippen LogP contribution in [0.15, 0.2) is 6.07 Å². The zero-order valence-electron chi connectivity index (χ0n) is 6.07. The fourth-order valence-corrected chi connectivity index (χ4v) is 1.09. The molecule has 0 radical (unpaired) electrons. The third-order valence-electron chi connectivity index (χ3n) is 1.48. The SMILES string of the molecule is N#Cc1cc(F)c(Cl)n2nnnc12. The van der Waals surface area contributed by atoms with Gasteiger partial charge in [-0.1, -0.05) is 11.6 Å². The van der Waals surface area contributed by atoms with Gasteiger partial charge in [0.1, 0.15) is 11.6 Å². The Morgan fingerprint density at radius 1 is 1.62 bits per heavy atom. The van der Waals surface area contributed by atoms with Gasteiger partial charge in [-0.15, -0.1) is 5.10 Å². The average Bonchev–Trinajstić information content (AvgIpc) is 2.60. The molecule has 0 aliphatic rings. The number of rotatable bonds is 0. The third-order valence-corrected chi connectivity index (χ3v) is 1.83. The summed E-state index contributed by atoms with van der Waals surface area (Å²) in [6.45, 7) is 0. The van der Waals surface area contributed by atoms with Crippen molar-refractivity contribution >= 4 is 17.2 Å². The molecule has 0 aliphatic carbocycles. The lowest BCUT2D eigenvalue weighted by Gasteiger charge is -1.96. The fourth-order valence-electron chi connectivity index (χ4n) is 0.922. The first kappa shape index (κ1) is 7.89. The van der Waals surface area contributed by atoms with Gasteiger partial charge in [-0.05, 0) is 16.5 Å². The van der Waals surface area contributed by atoms with Crippen LogP contribution < -0.4 is 0 Å². The van der Waals surface area contributed by atoms with E-state index in [0.717, 1.165) is 10.6 Å². The van der Waals surface area contributed by atoms with E-state index in [4.69, 9.17) is 16.9 Å². The number of nitrogens with zero attached hydrogens (tertiary/aromatic N) is 5. The second-order valence-electron chi connectivity index (χ2n) is 2.22. The Labute approximate surface area is 76.3 Å². The highest BCUT2D eigenvalue weighted by atomic mass is 35.5. The summed E-state index contributed by atoms with van der Waals surface area (Å²) in [6, 6.07) is 2.76. The van der Waals surface area contributed by atoms with Gasteiger partial charge in [0.25, 0.3) is 0 Å².